The predicted octanol–water partition coefficient (Wildman–Crippen LogP) is 5.17. The quantitative estimate of drug-likeness (QED) is 0.229. The molecular formula is C19H39NO2. The zero-order valence-electron chi connectivity index (χ0n) is 14.9. The molecule has 0 saturated carbocycles. The van der Waals surface area contributed by atoms with Crippen molar-refractivity contribution >= 4 is 0 Å². The van der Waals surface area contributed by atoms with E-state index in [1.807, 2.05) is 0 Å². The molecule has 0 aromatic heterocycles. The van der Waals surface area contributed by atoms with Crippen LogP contribution in [-0.4, -0.2) is 25.5 Å². The zero-order chi connectivity index (χ0) is 15.9. The van der Waals surface area contributed by atoms with Gasteiger partial charge in [0.1, 0.15) is 12.3 Å². The van der Waals surface area contributed by atoms with Crippen LogP contribution in [0.15, 0.2) is 0 Å². The molecule has 0 amide bonds. The number of hydrogen-bond donors (Lipinski definition) is 1. The smallest absolute Gasteiger partial charge is 0.105 e. The van der Waals surface area contributed by atoms with E-state index in [2.05, 4.69) is 6.92 Å². The van der Waals surface area contributed by atoms with Crippen LogP contribution in [0.1, 0.15) is 96.8 Å². The third kappa shape index (κ3) is 13.5. The second-order valence-electron chi connectivity index (χ2n) is 6.86. The lowest BCUT2D eigenvalue weighted by Crippen LogP contribution is -2.25. The molecule has 2 atom stereocenters. The summed E-state index contributed by atoms with van der Waals surface area (Å²) in [6.45, 7) is 3.81. The second kappa shape index (κ2) is 14.5. The van der Waals surface area contributed by atoms with E-state index in [0.717, 1.165) is 13.0 Å². The largest absolute Gasteiger partial charge is 0.371 e. The van der Waals surface area contributed by atoms with E-state index >= 15 is 0 Å². The Bertz CT molecular complexity index is 231. The van der Waals surface area contributed by atoms with Crippen LogP contribution in [0.3, 0.4) is 0 Å². The van der Waals surface area contributed by atoms with Crippen LogP contribution in [0.2, 0.25) is 0 Å². The van der Waals surface area contributed by atoms with Crippen molar-refractivity contribution in [1.29, 1.82) is 0 Å². The van der Waals surface area contributed by atoms with Crippen LogP contribution in [-0.2, 0) is 9.47 Å². The van der Waals surface area contributed by atoms with Crippen molar-refractivity contribution in [3.63, 3.8) is 0 Å². The number of rotatable bonds is 17. The van der Waals surface area contributed by atoms with Crippen molar-refractivity contribution in [1.82, 2.24) is 0 Å². The third-order valence-electron chi connectivity index (χ3n) is 4.49. The summed E-state index contributed by atoms with van der Waals surface area (Å²) in [5, 5.41) is 0. The van der Waals surface area contributed by atoms with Gasteiger partial charge in [0.2, 0.25) is 0 Å². The lowest BCUT2D eigenvalue weighted by Gasteiger charge is -2.11. The van der Waals surface area contributed by atoms with Crippen molar-refractivity contribution in [2.24, 2.45) is 5.73 Å². The van der Waals surface area contributed by atoms with Gasteiger partial charge < -0.3 is 15.2 Å². The van der Waals surface area contributed by atoms with Crippen molar-refractivity contribution in [2.45, 2.75) is 109 Å². The first-order valence-corrected chi connectivity index (χ1v) is 9.81. The standard InChI is InChI=1S/C19H39NO2/c1-2-3-4-5-6-7-8-9-10-11-12-13-14-15-19(20)22-17-18-16-21-18/h18-19H,2-17,20H2,1H3. The highest BCUT2D eigenvalue weighted by atomic mass is 16.6. The molecule has 1 heterocycles. The number of epoxide rings is 1. The van der Waals surface area contributed by atoms with Crippen LogP contribution in [0, 0.1) is 0 Å². The van der Waals surface area contributed by atoms with Gasteiger partial charge in [0.05, 0.1) is 13.2 Å². The summed E-state index contributed by atoms with van der Waals surface area (Å²) in [4.78, 5) is 0. The molecule has 1 aliphatic rings. The van der Waals surface area contributed by atoms with Crippen molar-refractivity contribution in [2.75, 3.05) is 13.2 Å². The molecule has 0 radical (unpaired) electrons. The molecule has 0 aromatic carbocycles. The molecule has 1 fully saturated rings. The fourth-order valence-corrected chi connectivity index (χ4v) is 2.84. The summed E-state index contributed by atoms with van der Waals surface area (Å²) in [5.41, 5.74) is 5.91. The van der Waals surface area contributed by atoms with Gasteiger partial charge in [-0.3, -0.25) is 0 Å². The molecule has 3 heteroatoms. The average molecular weight is 314 g/mol. The van der Waals surface area contributed by atoms with Gasteiger partial charge in [0.15, 0.2) is 0 Å². The Kier molecular flexibility index (Phi) is 13.1. The van der Waals surface area contributed by atoms with Crippen molar-refractivity contribution < 1.29 is 9.47 Å². The Morgan fingerprint density at radius 2 is 1.32 bits per heavy atom. The lowest BCUT2D eigenvalue weighted by molar-refractivity contribution is 0.0399. The maximum Gasteiger partial charge on any atom is 0.105 e. The first-order valence-electron chi connectivity index (χ1n) is 9.81. The monoisotopic (exact) mass is 313 g/mol. The van der Waals surface area contributed by atoms with E-state index < -0.39 is 0 Å². The molecule has 2 unspecified atom stereocenters. The molecule has 0 spiro atoms. The minimum absolute atomic E-state index is 0.0862. The Morgan fingerprint density at radius 3 is 1.77 bits per heavy atom. The van der Waals surface area contributed by atoms with Gasteiger partial charge in [-0.25, -0.2) is 0 Å². The molecule has 0 aliphatic carbocycles. The maximum atomic E-state index is 5.91. The lowest BCUT2D eigenvalue weighted by atomic mass is 10.0. The molecule has 0 aromatic rings. The van der Waals surface area contributed by atoms with Crippen LogP contribution in [0.4, 0.5) is 0 Å². The van der Waals surface area contributed by atoms with Crippen LogP contribution < -0.4 is 5.73 Å². The van der Waals surface area contributed by atoms with Crippen LogP contribution in [0.25, 0.3) is 0 Å². The summed E-state index contributed by atoms with van der Waals surface area (Å²) >= 11 is 0. The topological polar surface area (TPSA) is 47.8 Å². The van der Waals surface area contributed by atoms with Gasteiger partial charge in [0, 0.05) is 0 Å². The highest BCUT2D eigenvalue weighted by Crippen LogP contribution is 2.14. The number of hydrogen-bond acceptors (Lipinski definition) is 3. The highest BCUT2D eigenvalue weighted by molar-refractivity contribution is 4.68. The zero-order valence-corrected chi connectivity index (χ0v) is 14.9. The van der Waals surface area contributed by atoms with Crippen LogP contribution >= 0.6 is 0 Å². The predicted molar refractivity (Wildman–Crippen MR) is 94.0 cm³/mol. The van der Waals surface area contributed by atoms with Gasteiger partial charge in [-0.1, -0.05) is 84.0 Å². The molecular weight excluding hydrogens is 274 g/mol. The van der Waals surface area contributed by atoms with Gasteiger partial charge in [-0.15, -0.1) is 0 Å². The van der Waals surface area contributed by atoms with Crippen molar-refractivity contribution in [3.05, 3.63) is 0 Å². The summed E-state index contributed by atoms with van der Waals surface area (Å²) in [6, 6.07) is 0. The Hall–Kier alpha value is -0.120. The Morgan fingerprint density at radius 1 is 0.864 bits per heavy atom. The number of unbranched alkanes of at least 4 members (excludes halogenated alkanes) is 12. The van der Waals surface area contributed by atoms with Crippen LogP contribution in [0.5, 0.6) is 0 Å². The number of nitrogens with two attached hydrogens (primary N) is 1. The van der Waals surface area contributed by atoms with E-state index in [4.69, 9.17) is 15.2 Å². The fraction of sp³-hybridized carbons (Fsp3) is 1.00. The summed E-state index contributed by atoms with van der Waals surface area (Å²) in [5.74, 6) is 0. The summed E-state index contributed by atoms with van der Waals surface area (Å²) < 4.78 is 10.6. The molecule has 22 heavy (non-hydrogen) atoms. The molecule has 3 nitrogen and oxygen atoms in total. The first kappa shape index (κ1) is 19.9. The maximum absolute atomic E-state index is 5.91. The second-order valence-corrected chi connectivity index (χ2v) is 6.86. The van der Waals surface area contributed by atoms with Gasteiger partial charge in [-0.05, 0) is 12.8 Å². The minimum atomic E-state index is -0.0862. The molecule has 1 rings (SSSR count). The van der Waals surface area contributed by atoms with E-state index in [-0.39, 0.29) is 6.23 Å². The van der Waals surface area contributed by atoms with Gasteiger partial charge in [0.25, 0.3) is 0 Å². The van der Waals surface area contributed by atoms with Crippen molar-refractivity contribution in [3.8, 4) is 0 Å². The average Bonchev–Trinajstić information content (AvgIpc) is 3.34. The van der Waals surface area contributed by atoms with E-state index in [1.165, 1.54) is 83.5 Å². The Balaban J connectivity index is 1.67. The molecule has 1 saturated heterocycles. The number of ether oxygens (including phenoxy) is 2. The molecule has 132 valence electrons. The third-order valence-corrected chi connectivity index (χ3v) is 4.49. The minimum Gasteiger partial charge on any atom is -0.371 e. The SMILES string of the molecule is CCCCCCCCCCCCCCCC(N)OCC1CO1. The van der Waals surface area contributed by atoms with Gasteiger partial charge in [-0.2, -0.15) is 0 Å². The molecule has 2 N–H and O–H groups in total. The Labute approximate surface area is 138 Å². The van der Waals surface area contributed by atoms with E-state index in [0.29, 0.717) is 12.7 Å². The van der Waals surface area contributed by atoms with Gasteiger partial charge >= 0.3 is 0 Å². The fourth-order valence-electron chi connectivity index (χ4n) is 2.84. The normalized spacial score (nSPS) is 18.5. The first-order chi connectivity index (χ1) is 10.8. The molecule has 0 bridgehead atoms. The summed E-state index contributed by atoms with van der Waals surface area (Å²) in [6.07, 6.45) is 19.3. The highest BCUT2D eigenvalue weighted by Gasteiger charge is 2.23. The van der Waals surface area contributed by atoms with E-state index in [9.17, 15) is 0 Å². The summed E-state index contributed by atoms with van der Waals surface area (Å²) in [7, 11) is 0. The van der Waals surface area contributed by atoms with E-state index in [1.54, 1.807) is 0 Å². The molecule has 1 aliphatic heterocycles.